The molecule has 0 radical (unpaired) electrons. The Hall–Kier alpha value is -2.25. The number of fused-ring (bicyclic) bond motifs is 1. The molecule has 0 spiro atoms. The van der Waals surface area contributed by atoms with E-state index in [9.17, 15) is 4.79 Å². The quantitative estimate of drug-likeness (QED) is 0.697. The number of Topliss-reactive ketones (excluding diaryl/α,β-unsaturated/α-hetero) is 1. The number of hydrogen-bond donors (Lipinski definition) is 2. The van der Waals surface area contributed by atoms with Crippen LogP contribution in [0.4, 0.5) is 0 Å². The Morgan fingerprint density at radius 1 is 1.33 bits per heavy atom. The zero-order valence-corrected chi connectivity index (χ0v) is 14.5. The minimum Gasteiger partial charge on any atom is -0.361 e. The first-order valence-corrected chi connectivity index (χ1v) is 9.21. The van der Waals surface area contributed by atoms with Crippen LogP contribution in [0.3, 0.4) is 0 Å². The number of aromatic amines is 1. The zero-order chi connectivity index (χ0) is 16.7. The van der Waals surface area contributed by atoms with E-state index in [1.165, 1.54) is 23.1 Å². The van der Waals surface area contributed by atoms with Gasteiger partial charge in [-0.2, -0.15) is 0 Å². The third-order valence-corrected chi connectivity index (χ3v) is 6.05. The predicted octanol–water partition coefficient (Wildman–Crippen LogP) is 4.00. The number of thioether (sulfide) groups is 1. The number of H-pyrrole nitrogens is 1. The third-order valence-electron chi connectivity index (χ3n) is 3.93. The first kappa shape index (κ1) is 15.3. The first-order valence-electron chi connectivity index (χ1n) is 7.58. The normalized spacial score (nSPS) is 19.7. The second-order valence-electron chi connectivity index (χ2n) is 5.45. The molecule has 2 aromatic heterocycles. The summed E-state index contributed by atoms with van der Waals surface area (Å²) in [6.07, 6.45) is 4.54. The maximum absolute atomic E-state index is 12.8. The molecule has 1 aromatic carbocycles. The number of benzene rings is 1. The van der Waals surface area contributed by atoms with Gasteiger partial charge in [-0.15, -0.1) is 21.5 Å². The monoisotopic (exact) mass is 354 g/mol. The van der Waals surface area contributed by atoms with E-state index in [2.05, 4.69) is 15.2 Å². The van der Waals surface area contributed by atoms with Gasteiger partial charge in [-0.05, 0) is 18.6 Å². The van der Waals surface area contributed by atoms with Gasteiger partial charge in [0.1, 0.15) is 15.9 Å². The van der Waals surface area contributed by atoms with Crippen LogP contribution in [0.15, 0.2) is 35.4 Å². The van der Waals surface area contributed by atoms with Gasteiger partial charge in [-0.1, -0.05) is 36.9 Å². The molecule has 7 heteroatoms. The molecule has 1 aliphatic rings. The first-order chi connectivity index (χ1) is 11.7. The standard InChI is InChI=1S/C17H14N4OS2/c1-2-13-20-21-17(24-13)14-15(22)12(23-16(14)18)7-9-8-19-11-6-4-3-5-10(9)11/h3-8,14,18-19H,2H2,1H3. The van der Waals surface area contributed by atoms with Crippen molar-refractivity contribution in [1.29, 1.82) is 5.41 Å². The summed E-state index contributed by atoms with van der Waals surface area (Å²) in [6.45, 7) is 2.00. The maximum Gasteiger partial charge on any atom is 0.186 e. The molecule has 3 aromatic rings. The Morgan fingerprint density at radius 2 is 2.17 bits per heavy atom. The van der Waals surface area contributed by atoms with E-state index in [-0.39, 0.29) is 5.78 Å². The van der Waals surface area contributed by atoms with E-state index in [1.807, 2.05) is 43.5 Å². The van der Waals surface area contributed by atoms with Crippen LogP contribution < -0.4 is 0 Å². The van der Waals surface area contributed by atoms with Crippen LogP contribution in [0.25, 0.3) is 17.0 Å². The minimum atomic E-state index is -0.593. The highest BCUT2D eigenvalue weighted by molar-refractivity contribution is 8.19. The molecule has 24 heavy (non-hydrogen) atoms. The minimum absolute atomic E-state index is 0.0610. The number of rotatable bonds is 3. The molecule has 1 atom stereocenters. The van der Waals surface area contributed by atoms with Gasteiger partial charge in [0, 0.05) is 22.7 Å². The molecule has 1 fully saturated rings. The fourth-order valence-electron chi connectivity index (χ4n) is 2.69. The average molecular weight is 354 g/mol. The van der Waals surface area contributed by atoms with Crippen molar-refractivity contribution in [3.8, 4) is 0 Å². The molecule has 120 valence electrons. The lowest BCUT2D eigenvalue weighted by Crippen LogP contribution is -2.11. The second-order valence-corrected chi connectivity index (χ2v) is 7.63. The van der Waals surface area contributed by atoms with Crippen molar-refractivity contribution in [2.75, 3.05) is 0 Å². The van der Waals surface area contributed by atoms with Gasteiger partial charge >= 0.3 is 0 Å². The Bertz CT molecular complexity index is 985. The second kappa shape index (κ2) is 5.99. The molecular weight excluding hydrogens is 340 g/mol. The molecule has 1 unspecified atom stereocenters. The van der Waals surface area contributed by atoms with Crippen molar-refractivity contribution in [3.63, 3.8) is 0 Å². The molecule has 1 saturated heterocycles. The largest absolute Gasteiger partial charge is 0.361 e. The number of nitrogens with one attached hydrogen (secondary N) is 2. The van der Waals surface area contributed by atoms with Gasteiger partial charge in [-0.3, -0.25) is 10.2 Å². The smallest absolute Gasteiger partial charge is 0.186 e. The number of carbonyl (C=O) groups excluding carboxylic acids is 1. The van der Waals surface area contributed by atoms with Crippen molar-refractivity contribution in [2.45, 2.75) is 19.3 Å². The fourth-order valence-corrected chi connectivity index (χ4v) is 4.64. The van der Waals surface area contributed by atoms with Crippen LogP contribution in [0, 0.1) is 5.41 Å². The molecule has 5 nitrogen and oxygen atoms in total. The van der Waals surface area contributed by atoms with Crippen LogP contribution in [0.1, 0.15) is 28.4 Å². The summed E-state index contributed by atoms with van der Waals surface area (Å²) in [5, 5.41) is 19.3. The highest BCUT2D eigenvalue weighted by Crippen LogP contribution is 2.41. The van der Waals surface area contributed by atoms with E-state index < -0.39 is 5.92 Å². The molecule has 1 aliphatic heterocycles. The number of aryl methyl sites for hydroxylation is 1. The molecule has 0 saturated carbocycles. The van der Waals surface area contributed by atoms with Crippen molar-refractivity contribution < 1.29 is 4.79 Å². The van der Waals surface area contributed by atoms with E-state index in [1.54, 1.807) is 0 Å². The average Bonchev–Trinajstić information content (AvgIpc) is 3.27. The van der Waals surface area contributed by atoms with Gasteiger partial charge < -0.3 is 4.98 Å². The SMILES string of the molecule is CCc1nnc(C2C(=N)SC(=Cc3c[nH]c4ccccc34)C2=O)s1. The van der Waals surface area contributed by atoms with Crippen molar-refractivity contribution in [2.24, 2.45) is 0 Å². The number of nitrogens with zero attached hydrogens (tertiary/aromatic N) is 2. The molecule has 4 rings (SSSR count). The van der Waals surface area contributed by atoms with E-state index in [0.717, 1.165) is 27.9 Å². The summed E-state index contributed by atoms with van der Waals surface area (Å²) < 4.78 is 0. The van der Waals surface area contributed by atoms with Crippen molar-refractivity contribution >= 4 is 50.9 Å². The lowest BCUT2D eigenvalue weighted by molar-refractivity contribution is -0.114. The molecule has 2 N–H and O–H groups in total. The lowest BCUT2D eigenvalue weighted by Gasteiger charge is -2.00. The number of hydrogen-bond acceptors (Lipinski definition) is 6. The fraction of sp³-hybridized carbons (Fsp3) is 0.176. The van der Waals surface area contributed by atoms with Crippen LogP contribution >= 0.6 is 23.1 Å². The molecule has 0 aliphatic carbocycles. The van der Waals surface area contributed by atoms with Crippen LogP contribution in [0.2, 0.25) is 0 Å². The van der Waals surface area contributed by atoms with Gasteiger partial charge in [0.2, 0.25) is 0 Å². The highest BCUT2D eigenvalue weighted by Gasteiger charge is 2.39. The van der Waals surface area contributed by atoms with Crippen molar-refractivity contribution in [1.82, 2.24) is 15.2 Å². The van der Waals surface area contributed by atoms with E-state index >= 15 is 0 Å². The molecule has 0 bridgehead atoms. The number of allylic oxidation sites excluding steroid dienone is 1. The molecular formula is C17H14N4OS2. The lowest BCUT2D eigenvalue weighted by atomic mass is 10.0. The zero-order valence-electron chi connectivity index (χ0n) is 12.9. The van der Waals surface area contributed by atoms with Gasteiger partial charge in [0.15, 0.2) is 5.78 Å². The molecule has 0 amide bonds. The van der Waals surface area contributed by atoms with E-state index in [0.29, 0.717) is 15.0 Å². The summed E-state index contributed by atoms with van der Waals surface area (Å²) in [5.41, 5.74) is 1.99. The van der Waals surface area contributed by atoms with Gasteiger partial charge in [0.25, 0.3) is 0 Å². The number of para-hydroxylation sites is 1. The Labute approximate surface area is 146 Å². The summed E-state index contributed by atoms with van der Waals surface area (Å²) in [6, 6.07) is 7.96. The summed E-state index contributed by atoms with van der Waals surface area (Å²) >= 11 is 2.64. The number of ketones is 1. The van der Waals surface area contributed by atoms with Crippen molar-refractivity contribution in [3.05, 3.63) is 50.9 Å². The number of aromatic nitrogens is 3. The Morgan fingerprint density at radius 3 is 2.96 bits per heavy atom. The molecule has 3 heterocycles. The Kier molecular flexibility index (Phi) is 3.82. The third kappa shape index (κ3) is 2.50. The number of carbonyl (C=O) groups is 1. The van der Waals surface area contributed by atoms with Crippen LogP contribution in [-0.2, 0) is 11.2 Å². The van der Waals surface area contributed by atoms with Gasteiger partial charge in [0.05, 0.1) is 9.95 Å². The van der Waals surface area contributed by atoms with Crippen LogP contribution in [-0.4, -0.2) is 26.0 Å². The summed E-state index contributed by atoms with van der Waals surface area (Å²) in [7, 11) is 0. The van der Waals surface area contributed by atoms with Crippen LogP contribution in [0.5, 0.6) is 0 Å². The Balaban J connectivity index is 1.70. The maximum atomic E-state index is 12.8. The predicted molar refractivity (Wildman–Crippen MR) is 98.6 cm³/mol. The summed E-state index contributed by atoms with van der Waals surface area (Å²) in [5.74, 6) is -0.654. The van der Waals surface area contributed by atoms with E-state index in [4.69, 9.17) is 5.41 Å². The van der Waals surface area contributed by atoms with Gasteiger partial charge in [-0.25, -0.2) is 0 Å². The topological polar surface area (TPSA) is 82.5 Å². The summed E-state index contributed by atoms with van der Waals surface area (Å²) in [4.78, 5) is 16.6. The highest BCUT2D eigenvalue weighted by atomic mass is 32.2.